The van der Waals surface area contributed by atoms with E-state index in [0.29, 0.717) is 45.0 Å². The average molecular weight is 488 g/mol. The van der Waals surface area contributed by atoms with Crippen LogP contribution in [0.5, 0.6) is 0 Å². The summed E-state index contributed by atoms with van der Waals surface area (Å²) in [5.74, 6) is -2.23. The average Bonchev–Trinajstić information content (AvgIpc) is 3.49. The monoisotopic (exact) mass is 487 g/mol. The van der Waals surface area contributed by atoms with Crippen LogP contribution < -0.4 is 4.90 Å². The van der Waals surface area contributed by atoms with E-state index in [4.69, 9.17) is 4.74 Å². The number of rotatable bonds is 4. The highest BCUT2D eigenvalue weighted by atomic mass is 19.1. The van der Waals surface area contributed by atoms with Gasteiger partial charge in [0.15, 0.2) is 0 Å². The van der Waals surface area contributed by atoms with Gasteiger partial charge in [-0.05, 0) is 56.2 Å². The van der Waals surface area contributed by atoms with Crippen LogP contribution in [0.3, 0.4) is 0 Å². The van der Waals surface area contributed by atoms with Gasteiger partial charge in [-0.3, -0.25) is 9.69 Å². The smallest absolute Gasteiger partial charge is 0.227 e. The molecular formula is C27H32F3N3O2. The molecule has 8 heteroatoms. The van der Waals surface area contributed by atoms with Crippen molar-refractivity contribution >= 4 is 11.6 Å². The Kier molecular flexibility index (Phi) is 6.77. The fourth-order valence-corrected chi connectivity index (χ4v) is 6.17. The molecule has 2 aromatic carbocycles. The Morgan fingerprint density at radius 3 is 2.23 bits per heavy atom. The molecule has 3 fully saturated rings. The minimum Gasteiger partial charge on any atom is -0.380 e. The molecule has 0 spiro atoms. The van der Waals surface area contributed by atoms with E-state index in [0.717, 1.165) is 18.2 Å². The number of likely N-dealkylation sites (tertiary alicyclic amines) is 1. The van der Waals surface area contributed by atoms with Gasteiger partial charge in [-0.2, -0.15) is 0 Å². The van der Waals surface area contributed by atoms with Crippen molar-refractivity contribution in [2.45, 2.75) is 44.3 Å². The topological polar surface area (TPSA) is 36.0 Å². The maximum atomic E-state index is 14.8. The van der Waals surface area contributed by atoms with Gasteiger partial charge in [0.1, 0.15) is 17.5 Å². The van der Waals surface area contributed by atoms with Gasteiger partial charge in [0.2, 0.25) is 5.91 Å². The first-order chi connectivity index (χ1) is 16.8. The summed E-state index contributed by atoms with van der Waals surface area (Å²) in [7, 11) is 0. The Morgan fingerprint density at radius 1 is 0.914 bits per heavy atom. The first-order valence-electron chi connectivity index (χ1n) is 12.4. The zero-order valence-electron chi connectivity index (χ0n) is 20.2. The SMILES string of the molecule is C[C@@H]1CN(C(=O)[C@H]2CN([C@H]3CCOC3)C[C@@H]2c2ccc(F)cc2F)C[C@H](C)N1c1ccc(F)cc1. The molecule has 188 valence electrons. The van der Waals surface area contributed by atoms with Crippen LogP contribution in [0.15, 0.2) is 42.5 Å². The van der Waals surface area contributed by atoms with E-state index >= 15 is 0 Å². The number of carbonyl (C=O) groups excluding carboxylic acids is 1. The predicted octanol–water partition coefficient (Wildman–Crippen LogP) is 4.03. The van der Waals surface area contributed by atoms with Crippen LogP contribution in [0.2, 0.25) is 0 Å². The number of piperazine rings is 1. The van der Waals surface area contributed by atoms with E-state index in [2.05, 4.69) is 23.6 Å². The Hall–Kier alpha value is -2.58. The second kappa shape index (κ2) is 9.82. The number of halogens is 3. The zero-order valence-corrected chi connectivity index (χ0v) is 20.2. The maximum absolute atomic E-state index is 14.8. The molecule has 0 unspecified atom stereocenters. The quantitative estimate of drug-likeness (QED) is 0.653. The lowest BCUT2D eigenvalue weighted by atomic mass is 9.87. The van der Waals surface area contributed by atoms with E-state index in [1.54, 1.807) is 12.1 Å². The lowest BCUT2D eigenvalue weighted by Gasteiger charge is -2.46. The summed E-state index contributed by atoms with van der Waals surface area (Å²) >= 11 is 0. The van der Waals surface area contributed by atoms with Crippen LogP contribution in [-0.2, 0) is 9.53 Å². The summed E-state index contributed by atoms with van der Waals surface area (Å²) in [5.41, 5.74) is 1.33. The molecule has 0 bridgehead atoms. The van der Waals surface area contributed by atoms with Crippen molar-refractivity contribution in [2.24, 2.45) is 5.92 Å². The van der Waals surface area contributed by atoms with E-state index in [1.807, 2.05) is 4.90 Å². The van der Waals surface area contributed by atoms with Crippen LogP contribution in [-0.4, -0.2) is 73.2 Å². The highest BCUT2D eigenvalue weighted by Crippen LogP contribution is 2.38. The Morgan fingerprint density at radius 2 is 1.60 bits per heavy atom. The minimum absolute atomic E-state index is 0.0117. The van der Waals surface area contributed by atoms with E-state index < -0.39 is 17.6 Å². The molecule has 3 heterocycles. The molecule has 3 aliphatic rings. The normalized spacial score (nSPS) is 29.7. The Balaban J connectivity index is 1.37. The van der Waals surface area contributed by atoms with Gasteiger partial charge in [-0.15, -0.1) is 0 Å². The first kappa shape index (κ1) is 24.1. The van der Waals surface area contributed by atoms with Gasteiger partial charge in [0, 0.05) is 68.6 Å². The van der Waals surface area contributed by atoms with Crippen molar-refractivity contribution in [3.05, 3.63) is 65.5 Å². The van der Waals surface area contributed by atoms with Crippen molar-refractivity contribution in [2.75, 3.05) is 44.3 Å². The molecule has 1 amide bonds. The zero-order chi connectivity index (χ0) is 24.7. The molecule has 3 saturated heterocycles. The van der Waals surface area contributed by atoms with Gasteiger partial charge in [0.25, 0.3) is 0 Å². The largest absolute Gasteiger partial charge is 0.380 e. The van der Waals surface area contributed by atoms with Gasteiger partial charge in [0.05, 0.1) is 12.5 Å². The first-order valence-corrected chi connectivity index (χ1v) is 12.4. The number of carbonyl (C=O) groups is 1. The molecule has 5 nitrogen and oxygen atoms in total. The molecule has 5 rings (SSSR count). The molecule has 0 aliphatic carbocycles. The van der Waals surface area contributed by atoms with Gasteiger partial charge in [-0.25, -0.2) is 13.2 Å². The Bertz CT molecular complexity index is 1050. The summed E-state index contributed by atoms with van der Waals surface area (Å²) in [6, 6.07) is 10.4. The molecular weight excluding hydrogens is 455 g/mol. The van der Waals surface area contributed by atoms with Crippen LogP contribution >= 0.6 is 0 Å². The second-order valence-corrected chi connectivity index (χ2v) is 10.2. The van der Waals surface area contributed by atoms with Gasteiger partial charge in [-0.1, -0.05) is 6.07 Å². The third kappa shape index (κ3) is 4.78. The minimum atomic E-state index is -0.618. The van der Waals surface area contributed by atoms with E-state index in [9.17, 15) is 18.0 Å². The molecule has 0 N–H and O–H groups in total. The predicted molar refractivity (Wildman–Crippen MR) is 128 cm³/mol. The number of hydrogen-bond acceptors (Lipinski definition) is 4. The lowest BCUT2D eigenvalue weighted by molar-refractivity contribution is -0.137. The summed E-state index contributed by atoms with van der Waals surface area (Å²) in [6.07, 6.45) is 0.893. The third-order valence-electron chi connectivity index (χ3n) is 7.80. The van der Waals surface area contributed by atoms with Crippen molar-refractivity contribution in [1.82, 2.24) is 9.80 Å². The molecule has 5 atom stereocenters. The van der Waals surface area contributed by atoms with Gasteiger partial charge >= 0.3 is 0 Å². The van der Waals surface area contributed by atoms with Crippen molar-refractivity contribution in [3.63, 3.8) is 0 Å². The highest BCUT2D eigenvalue weighted by molar-refractivity contribution is 5.81. The molecule has 0 aromatic heterocycles. The highest BCUT2D eigenvalue weighted by Gasteiger charge is 2.45. The number of benzene rings is 2. The summed E-state index contributed by atoms with van der Waals surface area (Å²) in [4.78, 5) is 20.3. The van der Waals surface area contributed by atoms with Gasteiger partial charge < -0.3 is 14.5 Å². The lowest BCUT2D eigenvalue weighted by Crippen LogP contribution is -2.59. The van der Waals surface area contributed by atoms with Crippen LogP contribution in [0.1, 0.15) is 31.7 Å². The van der Waals surface area contributed by atoms with Crippen LogP contribution in [0.25, 0.3) is 0 Å². The van der Waals surface area contributed by atoms with Crippen LogP contribution in [0.4, 0.5) is 18.9 Å². The Labute approximate surface area is 204 Å². The number of hydrogen-bond donors (Lipinski definition) is 0. The number of ether oxygens (including phenoxy) is 1. The number of anilines is 1. The summed E-state index contributed by atoms with van der Waals surface area (Å²) < 4.78 is 47.4. The molecule has 35 heavy (non-hydrogen) atoms. The van der Waals surface area contributed by atoms with E-state index in [1.165, 1.54) is 24.3 Å². The number of amides is 1. The fraction of sp³-hybridized carbons (Fsp3) is 0.519. The van der Waals surface area contributed by atoms with Crippen LogP contribution in [0, 0.1) is 23.4 Å². The molecule has 3 aliphatic heterocycles. The molecule has 2 aromatic rings. The van der Waals surface area contributed by atoms with Crippen molar-refractivity contribution < 1.29 is 22.7 Å². The standard InChI is InChI=1S/C27H32F3N3O2/c1-17-12-32(13-18(2)33(17)21-6-3-19(28)4-7-21)27(34)25-15-31(22-9-10-35-16-22)14-24(25)23-8-5-20(29)11-26(23)30/h3-8,11,17-18,22,24-25H,9-10,12-16H2,1-2H3/t17-,18+,22-,24+,25-/m0/s1. The molecule has 0 radical (unpaired) electrons. The fourth-order valence-electron chi connectivity index (χ4n) is 6.17. The summed E-state index contributed by atoms with van der Waals surface area (Å²) in [5, 5.41) is 0. The van der Waals surface area contributed by atoms with E-state index in [-0.39, 0.29) is 35.8 Å². The number of nitrogens with zero attached hydrogens (tertiary/aromatic N) is 3. The van der Waals surface area contributed by atoms with Crippen molar-refractivity contribution in [1.29, 1.82) is 0 Å². The maximum Gasteiger partial charge on any atom is 0.227 e. The molecule has 0 saturated carbocycles. The van der Waals surface area contributed by atoms with Crippen molar-refractivity contribution in [3.8, 4) is 0 Å². The second-order valence-electron chi connectivity index (χ2n) is 10.2. The third-order valence-corrected chi connectivity index (χ3v) is 7.80. The summed E-state index contributed by atoms with van der Waals surface area (Å²) in [6.45, 7) is 7.58.